The van der Waals surface area contributed by atoms with Crippen LogP contribution in [0.5, 0.6) is 5.75 Å². The number of phenolic OH excluding ortho intramolecular Hbond substituents is 1. The van der Waals surface area contributed by atoms with Crippen molar-refractivity contribution in [3.63, 3.8) is 0 Å². The first-order valence-electron chi connectivity index (χ1n) is 3.76. The number of halogens is 1. The van der Waals surface area contributed by atoms with Gasteiger partial charge in [-0.1, -0.05) is 23.7 Å². The Morgan fingerprint density at radius 1 is 1.62 bits per heavy atom. The minimum absolute atomic E-state index is 0.00689. The average Bonchev–Trinajstić information content (AvgIpc) is 2.10. The highest BCUT2D eigenvalue weighted by Gasteiger charge is 2.11. The van der Waals surface area contributed by atoms with E-state index in [1.165, 1.54) is 6.07 Å². The highest BCUT2D eigenvalue weighted by molar-refractivity contribution is 6.32. The van der Waals surface area contributed by atoms with Crippen LogP contribution in [0.1, 0.15) is 18.0 Å². The fraction of sp³-hybridized carbons (Fsp3) is 0.222. The van der Waals surface area contributed by atoms with Gasteiger partial charge in [0.05, 0.1) is 17.5 Å². The van der Waals surface area contributed by atoms with E-state index < -0.39 is 6.04 Å². The first-order valence-corrected chi connectivity index (χ1v) is 4.14. The maximum absolute atomic E-state index is 9.25. The van der Waals surface area contributed by atoms with Crippen LogP contribution in [0.2, 0.25) is 5.02 Å². The van der Waals surface area contributed by atoms with Crippen molar-refractivity contribution in [2.24, 2.45) is 5.73 Å². The molecule has 0 fully saturated rings. The molecule has 0 spiro atoms. The predicted octanol–water partition coefficient (Wildman–Crippen LogP) is 1.96. The first kappa shape index (κ1) is 9.85. The lowest BCUT2D eigenvalue weighted by molar-refractivity contribution is 0.474. The summed E-state index contributed by atoms with van der Waals surface area (Å²) in [5.74, 6) is -0.00689. The van der Waals surface area contributed by atoms with Crippen molar-refractivity contribution in [2.45, 2.75) is 12.5 Å². The summed E-state index contributed by atoms with van der Waals surface area (Å²) in [6, 6.07) is 6.33. The van der Waals surface area contributed by atoms with Gasteiger partial charge in [-0.15, -0.1) is 0 Å². The van der Waals surface area contributed by atoms with E-state index in [0.29, 0.717) is 5.56 Å². The highest BCUT2D eigenvalue weighted by atomic mass is 35.5. The summed E-state index contributed by atoms with van der Waals surface area (Å²) >= 11 is 5.78. The molecule has 0 aliphatic rings. The number of phenols is 1. The topological polar surface area (TPSA) is 70.0 Å². The maximum Gasteiger partial charge on any atom is 0.134 e. The summed E-state index contributed by atoms with van der Waals surface area (Å²) in [4.78, 5) is 0. The van der Waals surface area contributed by atoms with Crippen LogP contribution >= 0.6 is 11.6 Å². The number of nitrogens with zero attached hydrogens (tertiary/aromatic N) is 1. The molecule has 3 nitrogen and oxygen atoms in total. The van der Waals surface area contributed by atoms with Crippen molar-refractivity contribution in [3.8, 4) is 11.8 Å². The van der Waals surface area contributed by atoms with Gasteiger partial charge in [-0.3, -0.25) is 0 Å². The molecule has 0 aromatic heterocycles. The number of benzene rings is 1. The van der Waals surface area contributed by atoms with Crippen LogP contribution in [-0.2, 0) is 0 Å². The molecule has 13 heavy (non-hydrogen) atoms. The summed E-state index contributed by atoms with van der Waals surface area (Å²) in [7, 11) is 0. The number of nitrogens with two attached hydrogens (primary N) is 1. The van der Waals surface area contributed by atoms with E-state index in [9.17, 15) is 5.11 Å². The second-order valence-corrected chi connectivity index (χ2v) is 3.03. The van der Waals surface area contributed by atoms with Crippen LogP contribution in [0.4, 0.5) is 0 Å². The van der Waals surface area contributed by atoms with Gasteiger partial charge in [-0.25, -0.2) is 0 Å². The number of hydrogen-bond acceptors (Lipinski definition) is 3. The van der Waals surface area contributed by atoms with Crippen molar-refractivity contribution >= 4 is 11.6 Å². The Bertz CT molecular complexity index is 346. The van der Waals surface area contributed by atoms with Gasteiger partial charge in [0.25, 0.3) is 0 Å². The van der Waals surface area contributed by atoms with E-state index in [0.717, 1.165) is 0 Å². The third-order valence-electron chi connectivity index (χ3n) is 1.72. The van der Waals surface area contributed by atoms with Crippen LogP contribution in [-0.4, -0.2) is 5.11 Å². The van der Waals surface area contributed by atoms with Gasteiger partial charge < -0.3 is 10.8 Å². The molecule has 1 aromatic carbocycles. The zero-order chi connectivity index (χ0) is 9.84. The summed E-state index contributed by atoms with van der Waals surface area (Å²) in [5.41, 5.74) is 6.26. The molecule has 0 radical (unpaired) electrons. The van der Waals surface area contributed by atoms with Gasteiger partial charge in [0.15, 0.2) is 0 Å². The summed E-state index contributed by atoms with van der Waals surface area (Å²) < 4.78 is 0. The Morgan fingerprint density at radius 3 is 2.92 bits per heavy atom. The van der Waals surface area contributed by atoms with E-state index in [4.69, 9.17) is 22.6 Å². The molecule has 0 aliphatic carbocycles. The number of hydrogen-bond donors (Lipinski definition) is 2. The molecular weight excluding hydrogens is 188 g/mol. The van der Waals surface area contributed by atoms with Crippen LogP contribution in [0.3, 0.4) is 0 Å². The summed E-state index contributed by atoms with van der Waals surface area (Å²) in [6.45, 7) is 0. The fourth-order valence-electron chi connectivity index (χ4n) is 1.03. The molecule has 0 heterocycles. The zero-order valence-electron chi connectivity index (χ0n) is 6.87. The lowest BCUT2D eigenvalue weighted by Gasteiger charge is -2.10. The molecule has 1 aromatic rings. The molecule has 0 saturated heterocycles. The lowest BCUT2D eigenvalue weighted by atomic mass is 10.1. The zero-order valence-corrected chi connectivity index (χ0v) is 7.62. The molecule has 0 amide bonds. The van der Waals surface area contributed by atoms with Crippen molar-refractivity contribution in [1.82, 2.24) is 0 Å². The Morgan fingerprint density at radius 2 is 2.31 bits per heavy atom. The van der Waals surface area contributed by atoms with E-state index in [2.05, 4.69) is 0 Å². The molecule has 0 saturated carbocycles. The second-order valence-electron chi connectivity index (χ2n) is 2.65. The Kier molecular flexibility index (Phi) is 3.13. The quantitative estimate of drug-likeness (QED) is 0.760. The van der Waals surface area contributed by atoms with E-state index in [1.807, 2.05) is 6.07 Å². The Balaban J connectivity index is 3.02. The van der Waals surface area contributed by atoms with Gasteiger partial charge in [0, 0.05) is 6.04 Å². The molecule has 1 rings (SSSR count). The monoisotopic (exact) mass is 196 g/mol. The Labute approximate surface area is 81.4 Å². The number of aromatic hydroxyl groups is 1. The van der Waals surface area contributed by atoms with Gasteiger partial charge >= 0.3 is 0 Å². The highest BCUT2D eigenvalue weighted by Crippen LogP contribution is 2.30. The summed E-state index contributed by atoms with van der Waals surface area (Å²) in [6.07, 6.45) is 0.184. The third kappa shape index (κ3) is 2.11. The minimum Gasteiger partial charge on any atom is -0.506 e. The number of nitriles is 1. The molecule has 0 aliphatic heterocycles. The van der Waals surface area contributed by atoms with E-state index >= 15 is 0 Å². The van der Waals surface area contributed by atoms with Gasteiger partial charge in [0.2, 0.25) is 0 Å². The fourth-order valence-corrected chi connectivity index (χ4v) is 1.30. The number of rotatable bonds is 2. The van der Waals surface area contributed by atoms with E-state index in [1.54, 1.807) is 12.1 Å². The van der Waals surface area contributed by atoms with Gasteiger partial charge in [0.1, 0.15) is 5.75 Å². The van der Waals surface area contributed by atoms with Crippen molar-refractivity contribution in [1.29, 1.82) is 5.26 Å². The first-order chi connectivity index (χ1) is 6.16. The smallest absolute Gasteiger partial charge is 0.134 e. The molecule has 4 heteroatoms. The van der Waals surface area contributed by atoms with Crippen molar-refractivity contribution < 1.29 is 5.11 Å². The molecule has 3 N–H and O–H groups in total. The second kappa shape index (κ2) is 4.13. The van der Waals surface area contributed by atoms with Crippen LogP contribution < -0.4 is 5.73 Å². The minimum atomic E-state index is -0.440. The van der Waals surface area contributed by atoms with Crippen LogP contribution in [0, 0.1) is 11.3 Å². The lowest BCUT2D eigenvalue weighted by Crippen LogP contribution is -2.09. The molecule has 0 unspecified atom stereocenters. The largest absolute Gasteiger partial charge is 0.506 e. The van der Waals surface area contributed by atoms with Crippen LogP contribution in [0.25, 0.3) is 0 Å². The molecular formula is C9H9ClN2O. The van der Waals surface area contributed by atoms with Crippen molar-refractivity contribution in [2.75, 3.05) is 0 Å². The average molecular weight is 197 g/mol. The molecule has 68 valence electrons. The van der Waals surface area contributed by atoms with Crippen molar-refractivity contribution in [3.05, 3.63) is 28.8 Å². The SMILES string of the molecule is N#CC[C@H](N)c1cccc(O)c1Cl. The molecule has 0 bridgehead atoms. The van der Waals surface area contributed by atoms with Crippen LogP contribution in [0.15, 0.2) is 18.2 Å². The maximum atomic E-state index is 9.25. The Hall–Kier alpha value is -1.24. The van der Waals surface area contributed by atoms with Gasteiger partial charge in [-0.2, -0.15) is 5.26 Å². The standard InChI is InChI=1S/C9H9ClN2O/c10-9-6(7(12)4-5-11)2-1-3-8(9)13/h1-3,7,13H,4,12H2/t7-/m0/s1. The normalized spacial score (nSPS) is 12.1. The van der Waals surface area contributed by atoms with E-state index in [-0.39, 0.29) is 17.2 Å². The van der Waals surface area contributed by atoms with Gasteiger partial charge in [-0.05, 0) is 11.6 Å². The third-order valence-corrected chi connectivity index (χ3v) is 2.13. The predicted molar refractivity (Wildman–Crippen MR) is 50.3 cm³/mol. The molecule has 1 atom stereocenters. The summed E-state index contributed by atoms with van der Waals surface area (Å²) in [5, 5.41) is 17.9.